The Kier molecular flexibility index (Phi) is 4.57. The summed E-state index contributed by atoms with van der Waals surface area (Å²) in [6.07, 6.45) is 4.32. The van der Waals surface area contributed by atoms with Crippen LogP contribution in [0.5, 0.6) is 0 Å². The van der Waals surface area contributed by atoms with Gasteiger partial charge in [-0.2, -0.15) is 0 Å². The van der Waals surface area contributed by atoms with E-state index in [0.717, 1.165) is 25.0 Å². The van der Waals surface area contributed by atoms with Gasteiger partial charge in [0.05, 0.1) is 18.6 Å². The quantitative estimate of drug-likeness (QED) is 0.689. The van der Waals surface area contributed by atoms with Crippen LogP contribution in [-0.4, -0.2) is 18.3 Å². The Hall–Kier alpha value is -0.800. The van der Waals surface area contributed by atoms with Crippen LogP contribution in [0.2, 0.25) is 0 Å². The highest BCUT2D eigenvalue weighted by molar-refractivity contribution is 5.08. The Labute approximate surface area is 78.3 Å². The second-order valence-corrected chi connectivity index (χ2v) is 2.91. The topological polar surface area (TPSA) is 42.6 Å². The lowest BCUT2D eigenvalue weighted by atomic mass is 10.1. The van der Waals surface area contributed by atoms with E-state index in [0.29, 0.717) is 6.61 Å². The first-order chi connectivity index (χ1) is 6.34. The van der Waals surface area contributed by atoms with E-state index in [-0.39, 0.29) is 0 Å². The molecular formula is C10H16O3. The molecule has 0 bridgehead atoms. The van der Waals surface area contributed by atoms with Crippen molar-refractivity contribution < 1.29 is 14.3 Å². The second-order valence-electron chi connectivity index (χ2n) is 2.91. The Morgan fingerprint density at radius 1 is 1.62 bits per heavy atom. The van der Waals surface area contributed by atoms with Crippen LogP contribution < -0.4 is 0 Å². The van der Waals surface area contributed by atoms with Gasteiger partial charge in [-0.05, 0) is 25.8 Å². The number of ether oxygens (including phenoxy) is 1. The minimum Gasteiger partial charge on any atom is -0.472 e. The maximum absolute atomic E-state index is 9.59. The van der Waals surface area contributed by atoms with Crippen LogP contribution >= 0.6 is 0 Å². The van der Waals surface area contributed by atoms with E-state index >= 15 is 0 Å². The van der Waals surface area contributed by atoms with Gasteiger partial charge in [0.15, 0.2) is 0 Å². The van der Waals surface area contributed by atoms with Gasteiger partial charge in [0, 0.05) is 18.8 Å². The molecule has 3 nitrogen and oxygen atoms in total. The van der Waals surface area contributed by atoms with Crippen molar-refractivity contribution in [3.8, 4) is 0 Å². The average Bonchev–Trinajstić information content (AvgIpc) is 2.65. The Morgan fingerprint density at radius 2 is 2.46 bits per heavy atom. The van der Waals surface area contributed by atoms with Gasteiger partial charge >= 0.3 is 0 Å². The maximum atomic E-state index is 9.59. The van der Waals surface area contributed by atoms with Crippen LogP contribution in [0.4, 0.5) is 0 Å². The molecule has 0 fully saturated rings. The maximum Gasteiger partial charge on any atom is 0.0960 e. The van der Waals surface area contributed by atoms with Gasteiger partial charge in [-0.15, -0.1) is 0 Å². The molecule has 0 aliphatic carbocycles. The van der Waals surface area contributed by atoms with Gasteiger partial charge in [0.2, 0.25) is 0 Å². The lowest BCUT2D eigenvalue weighted by Crippen LogP contribution is -1.99. The minimum atomic E-state index is -0.417. The van der Waals surface area contributed by atoms with Gasteiger partial charge in [0.25, 0.3) is 0 Å². The molecular weight excluding hydrogens is 168 g/mol. The molecule has 13 heavy (non-hydrogen) atoms. The van der Waals surface area contributed by atoms with E-state index in [1.54, 1.807) is 18.6 Å². The van der Waals surface area contributed by atoms with Crippen LogP contribution in [0.15, 0.2) is 23.0 Å². The van der Waals surface area contributed by atoms with Crippen LogP contribution in [-0.2, 0) is 4.74 Å². The van der Waals surface area contributed by atoms with Crippen molar-refractivity contribution in [1.82, 2.24) is 0 Å². The standard InChI is InChI=1S/C10H16O3/c1-2-12-6-3-4-10(11)9-5-7-13-8-9/h5,7-8,10-11H,2-4,6H2,1H3. The zero-order valence-corrected chi connectivity index (χ0v) is 7.90. The highest BCUT2D eigenvalue weighted by Crippen LogP contribution is 2.17. The Bertz CT molecular complexity index is 206. The molecule has 0 spiro atoms. The summed E-state index contributed by atoms with van der Waals surface area (Å²) in [5, 5.41) is 9.59. The fourth-order valence-electron chi connectivity index (χ4n) is 1.15. The van der Waals surface area contributed by atoms with Crippen LogP contribution in [0.25, 0.3) is 0 Å². The van der Waals surface area contributed by atoms with Crippen molar-refractivity contribution in [2.75, 3.05) is 13.2 Å². The molecule has 1 N–H and O–H groups in total. The minimum absolute atomic E-state index is 0.417. The number of aliphatic hydroxyl groups excluding tert-OH is 1. The molecule has 1 aromatic heterocycles. The molecule has 3 heteroatoms. The summed E-state index contributed by atoms with van der Waals surface area (Å²) in [6.45, 7) is 3.42. The smallest absolute Gasteiger partial charge is 0.0960 e. The van der Waals surface area contributed by atoms with Crippen molar-refractivity contribution in [3.05, 3.63) is 24.2 Å². The number of hydrogen-bond acceptors (Lipinski definition) is 3. The molecule has 0 saturated carbocycles. The van der Waals surface area contributed by atoms with E-state index in [9.17, 15) is 5.11 Å². The Balaban J connectivity index is 2.15. The van der Waals surface area contributed by atoms with Crippen molar-refractivity contribution >= 4 is 0 Å². The first-order valence-electron chi connectivity index (χ1n) is 4.62. The third kappa shape index (κ3) is 3.61. The molecule has 0 saturated heterocycles. The monoisotopic (exact) mass is 184 g/mol. The van der Waals surface area contributed by atoms with E-state index in [2.05, 4.69) is 0 Å². The summed E-state index contributed by atoms with van der Waals surface area (Å²) in [5.74, 6) is 0. The zero-order chi connectivity index (χ0) is 9.52. The molecule has 74 valence electrons. The summed E-state index contributed by atoms with van der Waals surface area (Å²) in [7, 11) is 0. The van der Waals surface area contributed by atoms with E-state index in [1.807, 2.05) is 6.92 Å². The molecule has 1 unspecified atom stereocenters. The molecule has 1 atom stereocenters. The first-order valence-corrected chi connectivity index (χ1v) is 4.62. The summed E-state index contributed by atoms with van der Waals surface area (Å²) in [6, 6.07) is 1.78. The summed E-state index contributed by atoms with van der Waals surface area (Å²) >= 11 is 0. The molecule has 1 heterocycles. The molecule has 0 aliphatic rings. The molecule has 1 rings (SSSR count). The van der Waals surface area contributed by atoms with Crippen molar-refractivity contribution in [2.45, 2.75) is 25.9 Å². The average molecular weight is 184 g/mol. The SMILES string of the molecule is CCOCCCC(O)c1ccoc1. The third-order valence-corrected chi connectivity index (χ3v) is 1.90. The second kappa shape index (κ2) is 5.78. The van der Waals surface area contributed by atoms with Gasteiger partial charge in [-0.1, -0.05) is 0 Å². The predicted molar refractivity (Wildman–Crippen MR) is 49.4 cm³/mol. The molecule has 0 amide bonds. The predicted octanol–water partition coefficient (Wildman–Crippen LogP) is 2.13. The molecule has 0 aliphatic heterocycles. The number of furan rings is 1. The van der Waals surface area contributed by atoms with Gasteiger partial charge in [-0.3, -0.25) is 0 Å². The summed E-state index contributed by atoms with van der Waals surface area (Å²) in [4.78, 5) is 0. The zero-order valence-electron chi connectivity index (χ0n) is 7.90. The lowest BCUT2D eigenvalue weighted by molar-refractivity contribution is 0.114. The first kappa shape index (κ1) is 10.3. The van der Waals surface area contributed by atoms with Crippen molar-refractivity contribution in [1.29, 1.82) is 0 Å². The molecule has 0 radical (unpaired) electrons. The van der Waals surface area contributed by atoms with E-state index < -0.39 is 6.10 Å². The molecule has 0 aromatic carbocycles. The number of rotatable bonds is 6. The number of hydrogen-bond donors (Lipinski definition) is 1. The van der Waals surface area contributed by atoms with Gasteiger partial charge in [0.1, 0.15) is 0 Å². The Morgan fingerprint density at radius 3 is 3.08 bits per heavy atom. The fraction of sp³-hybridized carbons (Fsp3) is 0.600. The highest BCUT2D eigenvalue weighted by Gasteiger charge is 2.07. The summed E-state index contributed by atoms with van der Waals surface area (Å²) < 4.78 is 10.0. The van der Waals surface area contributed by atoms with Crippen LogP contribution in [0, 0.1) is 0 Å². The van der Waals surface area contributed by atoms with Crippen LogP contribution in [0.3, 0.4) is 0 Å². The van der Waals surface area contributed by atoms with E-state index in [4.69, 9.17) is 9.15 Å². The normalized spacial score (nSPS) is 13.1. The van der Waals surface area contributed by atoms with Crippen LogP contribution in [0.1, 0.15) is 31.4 Å². The molecule has 1 aromatic rings. The van der Waals surface area contributed by atoms with Gasteiger partial charge < -0.3 is 14.3 Å². The number of aliphatic hydroxyl groups is 1. The highest BCUT2D eigenvalue weighted by atomic mass is 16.5. The van der Waals surface area contributed by atoms with E-state index in [1.165, 1.54) is 0 Å². The van der Waals surface area contributed by atoms with Crippen molar-refractivity contribution in [3.63, 3.8) is 0 Å². The van der Waals surface area contributed by atoms with Gasteiger partial charge in [-0.25, -0.2) is 0 Å². The summed E-state index contributed by atoms with van der Waals surface area (Å²) in [5.41, 5.74) is 0.844. The fourth-order valence-corrected chi connectivity index (χ4v) is 1.15. The largest absolute Gasteiger partial charge is 0.472 e. The van der Waals surface area contributed by atoms with Crippen molar-refractivity contribution in [2.24, 2.45) is 0 Å². The third-order valence-electron chi connectivity index (χ3n) is 1.90. The lowest BCUT2D eigenvalue weighted by Gasteiger charge is -2.07.